The summed E-state index contributed by atoms with van der Waals surface area (Å²) in [6.45, 7) is 3.55. The molecule has 3 rings (SSSR count). The Hall–Kier alpha value is -1.37. The summed E-state index contributed by atoms with van der Waals surface area (Å²) >= 11 is 0. The third kappa shape index (κ3) is 3.03. The molecule has 2 fully saturated rings. The Kier molecular flexibility index (Phi) is 4.25. The molecule has 6 nitrogen and oxygen atoms in total. The maximum Gasteiger partial charge on any atom is 0.270 e. The number of piperidine rings is 1. The second-order valence-electron chi connectivity index (χ2n) is 7.17. The molecule has 2 saturated heterocycles. The third-order valence-electron chi connectivity index (χ3n) is 5.47. The van der Waals surface area contributed by atoms with E-state index < -0.39 is 5.60 Å². The Bertz CT molecular complexity index is 573. The van der Waals surface area contributed by atoms with Gasteiger partial charge < -0.3 is 24.6 Å². The molecule has 0 radical (unpaired) electrons. The molecule has 1 spiro atoms. The summed E-state index contributed by atoms with van der Waals surface area (Å²) < 4.78 is 7.92. The summed E-state index contributed by atoms with van der Waals surface area (Å²) in [6.07, 6.45) is 4.31. The first kappa shape index (κ1) is 16.5. The quantitative estimate of drug-likeness (QED) is 0.844. The number of likely N-dealkylation sites (tertiary alicyclic amines) is 1. The van der Waals surface area contributed by atoms with Gasteiger partial charge in [0.1, 0.15) is 11.3 Å². The first-order valence-electron chi connectivity index (χ1n) is 8.31. The van der Waals surface area contributed by atoms with Crippen molar-refractivity contribution in [3.63, 3.8) is 0 Å². The summed E-state index contributed by atoms with van der Waals surface area (Å²) in [4.78, 5) is 14.5. The molecule has 0 saturated carbocycles. The van der Waals surface area contributed by atoms with Crippen molar-refractivity contribution >= 4 is 5.91 Å². The average molecular weight is 321 g/mol. The first-order chi connectivity index (χ1) is 10.9. The fraction of sp³-hybridized carbons (Fsp3) is 0.706. The lowest BCUT2D eigenvalue weighted by atomic mass is 9.77. The van der Waals surface area contributed by atoms with Crippen LogP contribution in [-0.2, 0) is 11.8 Å². The van der Waals surface area contributed by atoms with Crippen LogP contribution in [0.1, 0.15) is 36.7 Å². The minimum atomic E-state index is -0.837. The van der Waals surface area contributed by atoms with Crippen LogP contribution in [0.3, 0.4) is 0 Å². The molecular weight excluding hydrogens is 294 g/mol. The number of nitrogens with zero attached hydrogens (tertiary/aromatic N) is 2. The summed E-state index contributed by atoms with van der Waals surface area (Å²) in [5.41, 5.74) is -0.335. The molecule has 0 aromatic carbocycles. The number of carbonyl (C=O) groups excluding carboxylic acids is 1. The van der Waals surface area contributed by atoms with Gasteiger partial charge in [0.2, 0.25) is 0 Å². The molecule has 2 aliphatic heterocycles. The van der Waals surface area contributed by atoms with Crippen LogP contribution in [0.2, 0.25) is 0 Å². The lowest BCUT2D eigenvalue weighted by molar-refractivity contribution is -0.189. The van der Waals surface area contributed by atoms with Crippen LogP contribution in [0.15, 0.2) is 18.3 Å². The van der Waals surface area contributed by atoms with Crippen molar-refractivity contribution in [2.75, 3.05) is 26.7 Å². The molecule has 2 atom stereocenters. The largest absolute Gasteiger partial charge is 0.386 e. The van der Waals surface area contributed by atoms with Gasteiger partial charge in [-0.2, -0.15) is 0 Å². The molecule has 0 bridgehead atoms. The molecular formula is C17H27N3O3. The molecule has 6 heteroatoms. The van der Waals surface area contributed by atoms with E-state index in [2.05, 4.69) is 5.32 Å². The Labute approximate surface area is 137 Å². The van der Waals surface area contributed by atoms with Crippen LogP contribution >= 0.6 is 0 Å². The summed E-state index contributed by atoms with van der Waals surface area (Å²) in [5, 5.41) is 13.6. The maximum atomic E-state index is 12.6. The van der Waals surface area contributed by atoms with Crippen molar-refractivity contribution in [2.24, 2.45) is 7.05 Å². The fourth-order valence-corrected chi connectivity index (χ4v) is 3.77. The van der Waals surface area contributed by atoms with Gasteiger partial charge in [-0.1, -0.05) is 0 Å². The van der Waals surface area contributed by atoms with E-state index in [0.717, 1.165) is 25.0 Å². The number of nitrogens with one attached hydrogen (secondary N) is 1. The minimum absolute atomic E-state index is 0.0198. The van der Waals surface area contributed by atoms with E-state index in [0.29, 0.717) is 19.7 Å². The van der Waals surface area contributed by atoms with Gasteiger partial charge in [0.25, 0.3) is 5.91 Å². The standard InChI is InChI=1S/C17H27N3O3/c1-16(22)12-23-17(11-14(16)18-2)6-9-20(10-7-17)15(21)13-5-4-8-19(13)3/h4-5,8,14,18,22H,6-7,9-12H2,1-3H3/t14-,16-/m0/s1. The molecule has 0 aliphatic carbocycles. The van der Waals surface area contributed by atoms with Gasteiger partial charge in [-0.15, -0.1) is 0 Å². The van der Waals surface area contributed by atoms with E-state index in [9.17, 15) is 9.90 Å². The Balaban J connectivity index is 1.64. The lowest BCUT2D eigenvalue weighted by Gasteiger charge is -2.50. The first-order valence-corrected chi connectivity index (χ1v) is 8.31. The van der Waals surface area contributed by atoms with Crippen LogP contribution in [0.25, 0.3) is 0 Å². The normalized spacial score (nSPS) is 30.6. The molecule has 23 heavy (non-hydrogen) atoms. The number of ether oxygens (including phenoxy) is 1. The van der Waals surface area contributed by atoms with E-state index in [1.165, 1.54) is 0 Å². The number of aryl methyl sites for hydroxylation is 1. The van der Waals surface area contributed by atoms with Crippen LogP contribution in [-0.4, -0.2) is 64.5 Å². The van der Waals surface area contributed by atoms with Crippen molar-refractivity contribution in [2.45, 2.75) is 43.4 Å². The molecule has 3 heterocycles. The van der Waals surface area contributed by atoms with Gasteiger partial charge in [0, 0.05) is 32.4 Å². The van der Waals surface area contributed by atoms with E-state index in [4.69, 9.17) is 4.74 Å². The lowest BCUT2D eigenvalue weighted by Crippen LogP contribution is -2.62. The number of likely N-dealkylation sites (N-methyl/N-ethyl adjacent to an activating group) is 1. The second kappa shape index (κ2) is 5.92. The van der Waals surface area contributed by atoms with Crippen molar-refractivity contribution < 1.29 is 14.6 Å². The Morgan fingerprint density at radius 3 is 2.70 bits per heavy atom. The monoisotopic (exact) mass is 321 g/mol. The van der Waals surface area contributed by atoms with Crippen LogP contribution in [0, 0.1) is 0 Å². The number of hydrogen-bond acceptors (Lipinski definition) is 4. The van der Waals surface area contributed by atoms with Gasteiger partial charge in [-0.05, 0) is 45.4 Å². The van der Waals surface area contributed by atoms with E-state index >= 15 is 0 Å². The molecule has 0 unspecified atom stereocenters. The Morgan fingerprint density at radius 2 is 2.13 bits per heavy atom. The van der Waals surface area contributed by atoms with Gasteiger partial charge in [0.05, 0.1) is 12.2 Å². The van der Waals surface area contributed by atoms with E-state index in [-0.39, 0.29) is 17.6 Å². The summed E-state index contributed by atoms with van der Waals surface area (Å²) in [7, 11) is 3.77. The van der Waals surface area contributed by atoms with Gasteiger partial charge >= 0.3 is 0 Å². The van der Waals surface area contributed by atoms with Crippen LogP contribution in [0.4, 0.5) is 0 Å². The van der Waals surface area contributed by atoms with Crippen molar-refractivity contribution in [3.8, 4) is 0 Å². The molecule has 128 valence electrons. The third-order valence-corrected chi connectivity index (χ3v) is 5.47. The summed E-state index contributed by atoms with van der Waals surface area (Å²) in [6, 6.07) is 3.77. The smallest absolute Gasteiger partial charge is 0.270 e. The number of rotatable bonds is 2. The fourth-order valence-electron chi connectivity index (χ4n) is 3.77. The molecule has 1 amide bonds. The number of aliphatic hydroxyl groups is 1. The van der Waals surface area contributed by atoms with Crippen molar-refractivity contribution in [1.29, 1.82) is 0 Å². The molecule has 2 aliphatic rings. The SMILES string of the molecule is CN[C@H]1CC2(CCN(C(=O)c3cccn3C)CC2)OC[C@]1(C)O. The zero-order chi connectivity index (χ0) is 16.7. The molecule has 2 N–H and O–H groups in total. The maximum absolute atomic E-state index is 12.6. The van der Waals surface area contributed by atoms with Gasteiger partial charge in [-0.25, -0.2) is 0 Å². The molecule has 1 aromatic heterocycles. The summed E-state index contributed by atoms with van der Waals surface area (Å²) in [5.74, 6) is 0.0836. The zero-order valence-electron chi connectivity index (χ0n) is 14.2. The van der Waals surface area contributed by atoms with E-state index in [1.807, 2.05) is 48.8 Å². The highest BCUT2D eigenvalue weighted by molar-refractivity contribution is 5.92. The number of hydrogen-bond donors (Lipinski definition) is 2. The number of amides is 1. The topological polar surface area (TPSA) is 66.7 Å². The highest BCUT2D eigenvalue weighted by Gasteiger charge is 2.48. The second-order valence-corrected chi connectivity index (χ2v) is 7.17. The Morgan fingerprint density at radius 1 is 1.43 bits per heavy atom. The molecule has 1 aromatic rings. The van der Waals surface area contributed by atoms with Crippen LogP contribution in [0.5, 0.6) is 0 Å². The van der Waals surface area contributed by atoms with Crippen molar-refractivity contribution in [3.05, 3.63) is 24.0 Å². The average Bonchev–Trinajstić information content (AvgIpc) is 2.96. The predicted molar refractivity (Wildman–Crippen MR) is 87.3 cm³/mol. The van der Waals surface area contributed by atoms with Crippen LogP contribution < -0.4 is 5.32 Å². The highest BCUT2D eigenvalue weighted by Crippen LogP contribution is 2.38. The van der Waals surface area contributed by atoms with Gasteiger partial charge in [0.15, 0.2) is 0 Å². The number of aromatic nitrogens is 1. The van der Waals surface area contributed by atoms with E-state index in [1.54, 1.807) is 0 Å². The van der Waals surface area contributed by atoms with Gasteiger partial charge in [-0.3, -0.25) is 4.79 Å². The number of carbonyl (C=O) groups is 1. The zero-order valence-corrected chi connectivity index (χ0v) is 14.2. The predicted octanol–water partition coefficient (Wildman–Crippen LogP) is 0.759. The highest BCUT2D eigenvalue weighted by atomic mass is 16.5. The minimum Gasteiger partial charge on any atom is -0.386 e. The van der Waals surface area contributed by atoms with Crippen molar-refractivity contribution in [1.82, 2.24) is 14.8 Å².